The Hall–Kier alpha value is -1.30. The molecular formula is C18H30O3. The number of carbonyl (C=O) groups excluding carboxylic acids is 2. The Morgan fingerprint density at radius 3 is 2.00 bits per heavy atom. The summed E-state index contributed by atoms with van der Waals surface area (Å²) in [5, 5.41) is 0. The number of ether oxygens (including phenoxy) is 1. The van der Waals surface area contributed by atoms with E-state index in [4.69, 9.17) is 4.74 Å². The summed E-state index contributed by atoms with van der Waals surface area (Å²) in [6.45, 7) is 13.0. The third-order valence-corrected chi connectivity index (χ3v) is 2.96. The van der Waals surface area contributed by atoms with E-state index in [1.54, 1.807) is 0 Å². The molecule has 0 radical (unpaired) electrons. The summed E-state index contributed by atoms with van der Waals surface area (Å²) in [6.07, 6.45) is 3.29. The molecule has 0 fully saturated rings. The second-order valence-corrected chi connectivity index (χ2v) is 7.49. The van der Waals surface area contributed by atoms with E-state index in [2.05, 4.69) is 18.8 Å². The molecule has 0 rings (SSSR count). The van der Waals surface area contributed by atoms with Crippen molar-refractivity contribution in [2.24, 2.45) is 10.8 Å². The first kappa shape index (κ1) is 19.7. The molecule has 0 saturated carbocycles. The Morgan fingerprint density at radius 2 is 1.57 bits per heavy atom. The number of unbranched alkanes of at least 4 members (excludes halogenated alkanes) is 2. The molecule has 21 heavy (non-hydrogen) atoms. The lowest BCUT2D eigenvalue weighted by Gasteiger charge is -2.20. The van der Waals surface area contributed by atoms with Crippen molar-refractivity contribution in [1.82, 2.24) is 0 Å². The van der Waals surface area contributed by atoms with Gasteiger partial charge in [0.15, 0.2) is 6.10 Å². The molecule has 0 heterocycles. The van der Waals surface area contributed by atoms with Crippen LogP contribution in [0.2, 0.25) is 0 Å². The molecule has 0 aliphatic rings. The van der Waals surface area contributed by atoms with Crippen LogP contribution in [0.1, 0.15) is 74.1 Å². The summed E-state index contributed by atoms with van der Waals surface area (Å²) < 4.78 is 5.46. The third kappa shape index (κ3) is 8.55. The molecule has 0 bridgehead atoms. The molecule has 0 saturated heterocycles. The predicted octanol–water partition coefficient (Wildman–Crippen LogP) is 4.14. The van der Waals surface area contributed by atoms with Crippen LogP contribution in [0.5, 0.6) is 0 Å². The lowest BCUT2D eigenvalue weighted by molar-refractivity contribution is -0.156. The van der Waals surface area contributed by atoms with Crippen LogP contribution in [-0.4, -0.2) is 17.9 Å². The molecule has 120 valence electrons. The average molecular weight is 294 g/mol. The summed E-state index contributed by atoms with van der Waals surface area (Å²) in [5.41, 5.74) is -1.05. The molecule has 0 aromatic heterocycles. The standard InChI is InChI=1S/C18H30O3/c1-8-9-10-11-14(21-16(20)18(5,6)7)12-13-15(19)17(2,3)4/h14H,8-11H2,1-7H3. The van der Waals surface area contributed by atoms with Crippen molar-refractivity contribution in [3.05, 3.63) is 0 Å². The van der Waals surface area contributed by atoms with Crippen LogP contribution in [-0.2, 0) is 14.3 Å². The molecular weight excluding hydrogens is 264 g/mol. The zero-order valence-corrected chi connectivity index (χ0v) is 14.6. The quantitative estimate of drug-likeness (QED) is 0.331. The summed E-state index contributed by atoms with van der Waals surface area (Å²) in [6, 6.07) is 0. The monoisotopic (exact) mass is 294 g/mol. The molecule has 0 aliphatic carbocycles. The Labute approximate surface area is 129 Å². The molecule has 0 aromatic carbocycles. The summed E-state index contributed by atoms with van der Waals surface area (Å²) >= 11 is 0. The van der Waals surface area contributed by atoms with Gasteiger partial charge in [-0.05, 0) is 39.5 Å². The van der Waals surface area contributed by atoms with Gasteiger partial charge in [-0.25, -0.2) is 0 Å². The number of esters is 1. The Kier molecular flexibility index (Phi) is 7.71. The van der Waals surface area contributed by atoms with E-state index in [0.29, 0.717) is 6.42 Å². The Morgan fingerprint density at radius 1 is 1.00 bits per heavy atom. The molecule has 0 aromatic rings. The van der Waals surface area contributed by atoms with Crippen molar-refractivity contribution in [3.8, 4) is 11.8 Å². The van der Waals surface area contributed by atoms with E-state index < -0.39 is 16.9 Å². The zero-order valence-electron chi connectivity index (χ0n) is 14.6. The molecule has 0 N–H and O–H groups in total. The molecule has 0 amide bonds. The van der Waals surface area contributed by atoms with Crippen LogP contribution in [0.25, 0.3) is 0 Å². The fraction of sp³-hybridized carbons (Fsp3) is 0.778. The van der Waals surface area contributed by atoms with Gasteiger partial charge >= 0.3 is 5.97 Å². The van der Waals surface area contributed by atoms with Gasteiger partial charge in [0.25, 0.3) is 0 Å². The molecule has 3 heteroatoms. The number of Topliss-reactive ketones (excluding diaryl/α,β-unsaturated/α-hetero) is 1. The van der Waals surface area contributed by atoms with Gasteiger partial charge in [-0.3, -0.25) is 9.59 Å². The number of rotatable bonds is 5. The summed E-state index contributed by atoms with van der Waals surface area (Å²) in [4.78, 5) is 23.8. The fourth-order valence-electron chi connectivity index (χ4n) is 1.38. The lowest BCUT2D eigenvalue weighted by atomic mass is 9.91. The average Bonchev–Trinajstić information content (AvgIpc) is 2.32. The third-order valence-electron chi connectivity index (χ3n) is 2.96. The number of hydrogen-bond acceptors (Lipinski definition) is 3. The highest BCUT2D eigenvalue weighted by atomic mass is 16.5. The minimum absolute atomic E-state index is 0.130. The van der Waals surface area contributed by atoms with Gasteiger partial charge in [0.05, 0.1) is 5.41 Å². The normalized spacial score (nSPS) is 13.1. The SMILES string of the molecule is CCCCCC(C#CC(=O)C(C)(C)C)OC(=O)C(C)(C)C. The van der Waals surface area contributed by atoms with E-state index in [-0.39, 0.29) is 11.8 Å². The van der Waals surface area contributed by atoms with Crippen molar-refractivity contribution in [2.45, 2.75) is 80.3 Å². The minimum atomic E-state index is -0.557. The second kappa shape index (κ2) is 8.22. The van der Waals surface area contributed by atoms with Gasteiger partial charge in [-0.1, -0.05) is 46.5 Å². The fourth-order valence-corrected chi connectivity index (χ4v) is 1.38. The van der Waals surface area contributed by atoms with Gasteiger partial charge in [0.2, 0.25) is 5.78 Å². The van der Waals surface area contributed by atoms with Gasteiger partial charge in [-0.15, -0.1) is 0 Å². The van der Waals surface area contributed by atoms with Crippen LogP contribution in [0, 0.1) is 22.7 Å². The lowest BCUT2D eigenvalue weighted by Crippen LogP contribution is -2.28. The van der Waals surface area contributed by atoms with Crippen LogP contribution in [0.4, 0.5) is 0 Å². The largest absolute Gasteiger partial charge is 0.449 e. The number of hydrogen-bond donors (Lipinski definition) is 0. The van der Waals surface area contributed by atoms with Crippen molar-refractivity contribution >= 4 is 11.8 Å². The van der Waals surface area contributed by atoms with Crippen LogP contribution < -0.4 is 0 Å². The van der Waals surface area contributed by atoms with Gasteiger partial charge in [-0.2, -0.15) is 0 Å². The van der Waals surface area contributed by atoms with E-state index in [9.17, 15) is 9.59 Å². The Bertz CT molecular complexity index is 410. The molecule has 1 unspecified atom stereocenters. The number of ketones is 1. The van der Waals surface area contributed by atoms with Gasteiger partial charge in [0, 0.05) is 5.41 Å². The molecule has 0 spiro atoms. The maximum absolute atomic E-state index is 12.0. The highest BCUT2D eigenvalue weighted by molar-refractivity contribution is 5.99. The first-order valence-corrected chi connectivity index (χ1v) is 7.75. The highest BCUT2D eigenvalue weighted by Crippen LogP contribution is 2.18. The second-order valence-electron chi connectivity index (χ2n) is 7.49. The maximum atomic E-state index is 12.0. The zero-order chi connectivity index (χ0) is 16.7. The van der Waals surface area contributed by atoms with E-state index in [1.165, 1.54) is 0 Å². The predicted molar refractivity (Wildman–Crippen MR) is 85.7 cm³/mol. The first-order valence-electron chi connectivity index (χ1n) is 7.75. The van der Waals surface area contributed by atoms with Crippen molar-refractivity contribution < 1.29 is 14.3 Å². The van der Waals surface area contributed by atoms with Crippen molar-refractivity contribution in [2.75, 3.05) is 0 Å². The topological polar surface area (TPSA) is 43.4 Å². The van der Waals surface area contributed by atoms with Crippen LogP contribution >= 0.6 is 0 Å². The number of carbonyl (C=O) groups is 2. The molecule has 3 nitrogen and oxygen atoms in total. The smallest absolute Gasteiger partial charge is 0.312 e. The van der Waals surface area contributed by atoms with Crippen molar-refractivity contribution in [3.63, 3.8) is 0 Å². The maximum Gasteiger partial charge on any atom is 0.312 e. The van der Waals surface area contributed by atoms with Crippen LogP contribution in [0.15, 0.2) is 0 Å². The first-order chi connectivity index (χ1) is 9.48. The summed E-state index contributed by atoms with van der Waals surface area (Å²) in [5.74, 6) is 5.08. The van der Waals surface area contributed by atoms with E-state index in [1.807, 2.05) is 41.5 Å². The summed E-state index contributed by atoms with van der Waals surface area (Å²) in [7, 11) is 0. The molecule has 1 atom stereocenters. The Balaban J connectivity index is 4.87. The highest BCUT2D eigenvalue weighted by Gasteiger charge is 2.26. The van der Waals surface area contributed by atoms with Gasteiger partial charge < -0.3 is 4.74 Å². The van der Waals surface area contributed by atoms with E-state index >= 15 is 0 Å². The van der Waals surface area contributed by atoms with E-state index in [0.717, 1.165) is 19.3 Å². The minimum Gasteiger partial charge on any atom is -0.449 e. The van der Waals surface area contributed by atoms with Crippen molar-refractivity contribution in [1.29, 1.82) is 0 Å². The van der Waals surface area contributed by atoms with Crippen LogP contribution in [0.3, 0.4) is 0 Å². The molecule has 0 aliphatic heterocycles. The van der Waals surface area contributed by atoms with Gasteiger partial charge in [0.1, 0.15) is 0 Å².